The van der Waals surface area contributed by atoms with E-state index in [1.54, 1.807) is 19.2 Å². The molecule has 1 heterocycles. The highest BCUT2D eigenvalue weighted by molar-refractivity contribution is 6.00. The number of ether oxygens (including phenoxy) is 1. The Bertz CT molecular complexity index is 462. The molecule has 1 aromatic carbocycles. The highest BCUT2D eigenvalue weighted by atomic mass is 16.5. The molecule has 0 aromatic heterocycles. The zero-order valence-electron chi connectivity index (χ0n) is 11.4. The number of nitrogens with one attached hydrogen (secondary N) is 2. The fourth-order valence-electron chi connectivity index (χ4n) is 2.36. The zero-order valence-corrected chi connectivity index (χ0v) is 11.4. The maximum absolute atomic E-state index is 11.8. The first-order valence-corrected chi connectivity index (χ1v) is 6.60. The first-order valence-electron chi connectivity index (χ1n) is 6.60. The Labute approximate surface area is 113 Å². The Kier molecular flexibility index (Phi) is 4.27. The summed E-state index contributed by atoms with van der Waals surface area (Å²) in [5.41, 5.74) is 7.86. The van der Waals surface area contributed by atoms with Crippen molar-refractivity contribution in [1.82, 2.24) is 5.32 Å². The van der Waals surface area contributed by atoms with E-state index in [1.165, 1.54) is 0 Å². The topological polar surface area (TPSA) is 76.4 Å². The van der Waals surface area contributed by atoms with E-state index >= 15 is 0 Å². The number of carbonyl (C=O) groups excluding carboxylic acids is 1. The summed E-state index contributed by atoms with van der Waals surface area (Å²) < 4.78 is 5.52. The lowest BCUT2D eigenvalue weighted by atomic mass is 10.0. The summed E-state index contributed by atoms with van der Waals surface area (Å²) in [5.74, 6) is -0.109. The van der Waals surface area contributed by atoms with Gasteiger partial charge in [-0.1, -0.05) is 0 Å². The molecular weight excluding hydrogens is 242 g/mol. The first kappa shape index (κ1) is 13.7. The Morgan fingerprint density at radius 3 is 2.95 bits per heavy atom. The molecule has 2 atom stereocenters. The Morgan fingerprint density at radius 1 is 1.47 bits per heavy atom. The second-order valence-electron chi connectivity index (χ2n) is 4.93. The molecule has 1 fully saturated rings. The van der Waals surface area contributed by atoms with Crippen LogP contribution in [0.1, 0.15) is 30.1 Å². The van der Waals surface area contributed by atoms with Gasteiger partial charge in [-0.3, -0.25) is 4.79 Å². The van der Waals surface area contributed by atoms with E-state index < -0.39 is 0 Å². The molecule has 1 aromatic rings. The van der Waals surface area contributed by atoms with Crippen LogP contribution in [-0.2, 0) is 4.74 Å². The van der Waals surface area contributed by atoms with Crippen molar-refractivity contribution in [2.24, 2.45) is 0 Å². The van der Waals surface area contributed by atoms with Crippen LogP contribution in [0.5, 0.6) is 0 Å². The molecule has 1 amide bonds. The normalized spacial score (nSPS) is 22.8. The van der Waals surface area contributed by atoms with Gasteiger partial charge in [-0.05, 0) is 38.0 Å². The SMILES string of the molecule is CNC(=O)c1ccc(N)cc1NC1CCOC(C)C1. The van der Waals surface area contributed by atoms with Gasteiger partial charge >= 0.3 is 0 Å². The fourth-order valence-corrected chi connectivity index (χ4v) is 2.36. The average Bonchev–Trinajstić information content (AvgIpc) is 2.38. The van der Waals surface area contributed by atoms with Crippen molar-refractivity contribution in [3.05, 3.63) is 23.8 Å². The van der Waals surface area contributed by atoms with Crippen molar-refractivity contribution < 1.29 is 9.53 Å². The second kappa shape index (κ2) is 5.93. The van der Waals surface area contributed by atoms with Gasteiger partial charge in [-0.25, -0.2) is 0 Å². The summed E-state index contributed by atoms with van der Waals surface area (Å²) in [5, 5.41) is 6.06. The lowest BCUT2D eigenvalue weighted by molar-refractivity contribution is 0.0232. The number of hydrogen-bond donors (Lipinski definition) is 3. The molecule has 1 aliphatic heterocycles. The van der Waals surface area contributed by atoms with Crippen molar-refractivity contribution in [3.8, 4) is 0 Å². The Balaban J connectivity index is 2.18. The van der Waals surface area contributed by atoms with E-state index in [1.807, 2.05) is 6.07 Å². The summed E-state index contributed by atoms with van der Waals surface area (Å²) in [7, 11) is 1.62. The molecule has 0 radical (unpaired) electrons. The molecule has 19 heavy (non-hydrogen) atoms. The highest BCUT2D eigenvalue weighted by Crippen LogP contribution is 2.24. The van der Waals surface area contributed by atoms with Crippen molar-refractivity contribution in [1.29, 1.82) is 0 Å². The molecule has 5 heteroatoms. The number of amides is 1. The number of nitrogen functional groups attached to an aromatic ring is 1. The van der Waals surface area contributed by atoms with Crippen LogP contribution >= 0.6 is 0 Å². The van der Waals surface area contributed by atoms with Gasteiger partial charge in [0, 0.05) is 31.1 Å². The lowest BCUT2D eigenvalue weighted by Gasteiger charge is -2.29. The molecule has 2 unspecified atom stereocenters. The standard InChI is InChI=1S/C14H21N3O2/c1-9-7-11(5-6-19-9)17-13-8-10(15)3-4-12(13)14(18)16-2/h3-4,8-9,11,17H,5-7,15H2,1-2H3,(H,16,18). The molecule has 2 rings (SSSR count). The van der Waals surface area contributed by atoms with Gasteiger partial charge in [-0.15, -0.1) is 0 Å². The van der Waals surface area contributed by atoms with Crippen LogP contribution in [0.4, 0.5) is 11.4 Å². The number of rotatable bonds is 3. The van der Waals surface area contributed by atoms with Gasteiger partial charge < -0.3 is 21.1 Å². The molecule has 0 spiro atoms. The zero-order chi connectivity index (χ0) is 13.8. The van der Waals surface area contributed by atoms with E-state index in [9.17, 15) is 4.79 Å². The average molecular weight is 263 g/mol. The third-order valence-electron chi connectivity index (χ3n) is 3.36. The van der Waals surface area contributed by atoms with Gasteiger partial charge in [0.15, 0.2) is 0 Å². The van der Waals surface area contributed by atoms with E-state index in [0.717, 1.165) is 25.1 Å². The minimum absolute atomic E-state index is 0.109. The van der Waals surface area contributed by atoms with Crippen LogP contribution in [0.25, 0.3) is 0 Å². The molecule has 5 nitrogen and oxygen atoms in total. The quantitative estimate of drug-likeness (QED) is 0.724. The Hall–Kier alpha value is -1.75. The molecule has 0 aliphatic carbocycles. The molecular formula is C14H21N3O2. The van der Waals surface area contributed by atoms with E-state index in [4.69, 9.17) is 10.5 Å². The van der Waals surface area contributed by atoms with Gasteiger partial charge in [0.25, 0.3) is 5.91 Å². The molecule has 1 aliphatic rings. The highest BCUT2D eigenvalue weighted by Gasteiger charge is 2.21. The van der Waals surface area contributed by atoms with E-state index in [0.29, 0.717) is 17.3 Å². The molecule has 0 saturated carbocycles. The third kappa shape index (κ3) is 3.38. The fraction of sp³-hybridized carbons (Fsp3) is 0.500. The van der Waals surface area contributed by atoms with E-state index in [2.05, 4.69) is 17.6 Å². The third-order valence-corrected chi connectivity index (χ3v) is 3.36. The first-order chi connectivity index (χ1) is 9.10. The number of nitrogens with two attached hydrogens (primary N) is 1. The second-order valence-corrected chi connectivity index (χ2v) is 4.93. The predicted molar refractivity (Wildman–Crippen MR) is 76.3 cm³/mol. The van der Waals surface area contributed by atoms with Gasteiger partial charge in [0.1, 0.15) is 0 Å². The molecule has 0 bridgehead atoms. The maximum atomic E-state index is 11.8. The van der Waals surface area contributed by atoms with Crippen LogP contribution in [-0.4, -0.2) is 31.7 Å². The van der Waals surface area contributed by atoms with Crippen LogP contribution in [0, 0.1) is 0 Å². The van der Waals surface area contributed by atoms with Crippen molar-refractivity contribution >= 4 is 17.3 Å². The number of anilines is 2. The largest absolute Gasteiger partial charge is 0.399 e. The number of hydrogen-bond acceptors (Lipinski definition) is 4. The summed E-state index contributed by atoms with van der Waals surface area (Å²) in [6.07, 6.45) is 2.12. The molecule has 104 valence electrons. The number of benzene rings is 1. The molecule has 4 N–H and O–H groups in total. The van der Waals surface area contributed by atoms with Crippen molar-refractivity contribution in [2.75, 3.05) is 24.7 Å². The monoisotopic (exact) mass is 263 g/mol. The minimum Gasteiger partial charge on any atom is -0.399 e. The van der Waals surface area contributed by atoms with Crippen LogP contribution < -0.4 is 16.4 Å². The van der Waals surface area contributed by atoms with Crippen LogP contribution in [0.15, 0.2) is 18.2 Å². The van der Waals surface area contributed by atoms with Crippen molar-refractivity contribution in [2.45, 2.75) is 31.9 Å². The summed E-state index contributed by atoms with van der Waals surface area (Å²) in [6, 6.07) is 5.61. The van der Waals surface area contributed by atoms with E-state index in [-0.39, 0.29) is 12.0 Å². The lowest BCUT2D eigenvalue weighted by Crippen LogP contribution is -2.33. The predicted octanol–water partition coefficient (Wildman–Crippen LogP) is 1.61. The minimum atomic E-state index is -0.109. The summed E-state index contributed by atoms with van der Waals surface area (Å²) in [4.78, 5) is 11.8. The van der Waals surface area contributed by atoms with Gasteiger partial charge in [-0.2, -0.15) is 0 Å². The maximum Gasteiger partial charge on any atom is 0.253 e. The molecule has 1 saturated heterocycles. The summed E-state index contributed by atoms with van der Waals surface area (Å²) >= 11 is 0. The Morgan fingerprint density at radius 2 is 2.26 bits per heavy atom. The van der Waals surface area contributed by atoms with Crippen molar-refractivity contribution in [3.63, 3.8) is 0 Å². The number of carbonyl (C=O) groups is 1. The van der Waals surface area contributed by atoms with Crippen LogP contribution in [0.3, 0.4) is 0 Å². The van der Waals surface area contributed by atoms with Crippen LogP contribution in [0.2, 0.25) is 0 Å². The van der Waals surface area contributed by atoms with Gasteiger partial charge in [0.05, 0.1) is 11.7 Å². The van der Waals surface area contributed by atoms with Gasteiger partial charge in [0.2, 0.25) is 0 Å². The smallest absolute Gasteiger partial charge is 0.253 e. The summed E-state index contributed by atoms with van der Waals surface area (Å²) in [6.45, 7) is 2.81.